The van der Waals surface area contributed by atoms with Gasteiger partial charge in [0.25, 0.3) is 5.91 Å². The average Bonchev–Trinajstić information content (AvgIpc) is 2.98. The highest BCUT2D eigenvalue weighted by Crippen LogP contribution is 2.17. The van der Waals surface area contributed by atoms with E-state index in [1.165, 1.54) is 0 Å². The molecule has 0 aliphatic rings. The first kappa shape index (κ1) is 23.4. The lowest BCUT2D eigenvalue weighted by molar-refractivity contribution is -0.145. The summed E-state index contributed by atoms with van der Waals surface area (Å²) in [6, 6.07) is 7.43. The van der Waals surface area contributed by atoms with Crippen LogP contribution in [0.15, 0.2) is 43.0 Å². The van der Waals surface area contributed by atoms with Gasteiger partial charge < -0.3 is 14.6 Å². The summed E-state index contributed by atoms with van der Waals surface area (Å²) in [7, 11) is 0. The number of hydrogen-bond donors (Lipinski definition) is 1. The number of hydrogen-bond acceptors (Lipinski definition) is 4. The zero-order valence-electron chi connectivity index (χ0n) is 17.7. The second-order valence-corrected chi connectivity index (χ2v) is 7.80. The number of Topliss-reactive ketones (excluding diaryl/α,β-unsaturated/α-hetero) is 1. The highest BCUT2D eigenvalue weighted by atomic mass is 35.5. The molecule has 1 N–H and O–H groups in total. The number of carbonyl (C=O) groups is 3. The Bertz CT molecular complexity index is 962. The Hall–Kier alpha value is -2.86. The summed E-state index contributed by atoms with van der Waals surface area (Å²) in [4.78, 5) is 37.7. The van der Waals surface area contributed by atoms with Gasteiger partial charge in [0.2, 0.25) is 5.78 Å². The number of rotatable bonds is 9. The van der Waals surface area contributed by atoms with Crippen LogP contribution in [0.4, 0.5) is 0 Å². The summed E-state index contributed by atoms with van der Waals surface area (Å²) < 4.78 is 7.21. The minimum Gasteiger partial charge on any atom is -0.456 e. The van der Waals surface area contributed by atoms with Crippen LogP contribution in [-0.4, -0.2) is 34.9 Å². The predicted molar refractivity (Wildman–Crippen MR) is 117 cm³/mol. The lowest BCUT2D eigenvalue weighted by Crippen LogP contribution is -2.45. The average molecular weight is 431 g/mol. The maximum atomic E-state index is 12.6. The molecule has 1 amide bonds. The van der Waals surface area contributed by atoms with Gasteiger partial charge in [0.1, 0.15) is 6.04 Å². The van der Waals surface area contributed by atoms with Crippen molar-refractivity contribution in [3.05, 3.63) is 70.5 Å². The molecule has 0 saturated carbocycles. The highest BCUT2D eigenvalue weighted by Gasteiger charge is 2.28. The van der Waals surface area contributed by atoms with Crippen molar-refractivity contribution in [2.75, 3.05) is 6.61 Å². The van der Waals surface area contributed by atoms with E-state index in [9.17, 15) is 14.4 Å². The molecule has 0 aliphatic carbocycles. The smallest absolute Gasteiger partial charge is 0.329 e. The molecule has 0 spiro atoms. The Labute approximate surface area is 181 Å². The normalized spacial score (nSPS) is 11.8. The number of benzene rings is 1. The molecule has 160 valence electrons. The van der Waals surface area contributed by atoms with Crippen molar-refractivity contribution in [2.45, 2.75) is 40.3 Å². The summed E-state index contributed by atoms with van der Waals surface area (Å²) in [5.74, 6) is -1.68. The third kappa shape index (κ3) is 5.39. The van der Waals surface area contributed by atoms with Crippen LogP contribution in [0, 0.1) is 19.8 Å². The molecule has 2 rings (SSSR count). The largest absolute Gasteiger partial charge is 0.456 e. The number of nitrogens with one attached hydrogen (secondary N) is 1. The van der Waals surface area contributed by atoms with Crippen LogP contribution in [0.3, 0.4) is 0 Å². The van der Waals surface area contributed by atoms with Crippen molar-refractivity contribution in [1.82, 2.24) is 9.88 Å². The Morgan fingerprint density at radius 3 is 2.47 bits per heavy atom. The summed E-state index contributed by atoms with van der Waals surface area (Å²) >= 11 is 6.05. The lowest BCUT2D eigenvalue weighted by Gasteiger charge is -2.21. The van der Waals surface area contributed by atoms with Gasteiger partial charge in [-0.2, -0.15) is 0 Å². The number of esters is 1. The number of ketones is 1. The van der Waals surface area contributed by atoms with Crippen LogP contribution >= 0.6 is 11.6 Å². The molecule has 0 unspecified atom stereocenters. The van der Waals surface area contributed by atoms with Crippen molar-refractivity contribution < 1.29 is 19.1 Å². The molecule has 7 heteroatoms. The van der Waals surface area contributed by atoms with Crippen molar-refractivity contribution in [2.24, 2.45) is 5.92 Å². The number of ether oxygens (including phenoxy) is 1. The third-order valence-electron chi connectivity index (χ3n) is 4.86. The van der Waals surface area contributed by atoms with Crippen LogP contribution in [0.25, 0.3) is 0 Å². The summed E-state index contributed by atoms with van der Waals surface area (Å²) in [5, 5.41) is 2.94. The lowest BCUT2D eigenvalue weighted by atomic mass is 10.0. The quantitative estimate of drug-likeness (QED) is 0.368. The van der Waals surface area contributed by atoms with Gasteiger partial charge in [0.05, 0.1) is 10.6 Å². The van der Waals surface area contributed by atoms with E-state index >= 15 is 0 Å². The van der Waals surface area contributed by atoms with Gasteiger partial charge in [-0.1, -0.05) is 43.7 Å². The van der Waals surface area contributed by atoms with Crippen molar-refractivity contribution in [1.29, 1.82) is 0 Å². The number of aryl methyl sites for hydroxylation is 1. The van der Waals surface area contributed by atoms with Gasteiger partial charge in [0.15, 0.2) is 6.61 Å². The molecular weight excluding hydrogens is 404 g/mol. The summed E-state index contributed by atoms with van der Waals surface area (Å²) in [6.45, 7) is 11.2. The number of allylic oxidation sites excluding steroid dienone is 1. The standard InChI is InChI=1S/C23H27ClN2O4/c1-6-11-26-15(4)12-18(16(26)5)20(27)13-30-23(29)21(14(2)3)25-22(28)17-9-7-8-10-19(17)24/h6-10,12,14,21H,1,11,13H2,2-5H3,(H,25,28)/t21-/m0/s1. The highest BCUT2D eigenvalue weighted by molar-refractivity contribution is 6.33. The fourth-order valence-corrected chi connectivity index (χ4v) is 3.38. The molecule has 2 aromatic rings. The van der Waals surface area contributed by atoms with E-state index in [-0.39, 0.29) is 22.3 Å². The fourth-order valence-electron chi connectivity index (χ4n) is 3.16. The number of halogens is 1. The maximum absolute atomic E-state index is 12.6. The Morgan fingerprint density at radius 1 is 1.20 bits per heavy atom. The molecule has 1 heterocycles. The van der Waals surface area contributed by atoms with E-state index in [4.69, 9.17) is 16.3 Å². The predicted octanol–water partition coefficient (Wildman–Crippen LogP) is 4.12. The number of carbonyl (C=O) groups excluding carboxylic acids is 3. The van der Waals surface area contributed by atoms with Gasteiger partial charge in [-0.05, 0) is 38.0 Å². The summed E-state index contributed by atoms with van der Waals surface area (Å²) in [5.41, 5.74) is 2.49. The molecule has 6 nitrogen and oxygen atoms in total. The topological polar surface area (TPSA) is 77.4 Å². The Morgan fingerprint density at radius 2 is 1.87 bits per heavy atom. The number of nitrogens with zero attached hydrogens (tertiary/aromatic N) is 1. The number of amides is 1. The Kier molecular flexibility index (Phi) is 8.00. The van der Waals surface area contributed by atoms with Gasteiger partial charge in [0, 0.05) is 23.5 Å². The number of aromatic nitrogens is 1. The van der Waals surface area contributed by atoms with Crippen molar-refractivity contribution in [3.63, 3.8) is 0 Å². The molecule has 1 atom stereocenters. The molecule has 0 bridgehead atoms. The van der Waals surface area contributed by atoms with E-state index in [0.29, 0.717) is 12.1 Å². The molecule has 0 aliphatic heterocycles. The maximum Gasteiger partial charge on any atom is 0.329 e. The molecule has 1 aromatic heterocycles. The molecule has 0 fully saturated rings. The van der Waals surface area contributed by atoms with Gasteiger partial charge >= 0.3 is 5.97 Å². The first-order valence-electron chi connectivity index (χ1n) is 9.70. The van der Waals surface area contributed by atoms with Crippen LogP contribution in [0.5, 0.6) is 0 Å². The molecule has 30 heavy (non-hydrogen) atoms. The van der Waals surface area contributed by atoms with Gasteiger partial charge in [-0.3, -0.25) is 9.59 Å². The van der Waals surface area contributed by atoms with Crippen LogP contribution in [0.2, 0.25) is 5.02 Å². The van der Waals surface area contributed by atoms with Crippen LogP contribution in [0.1, 0.15) is 46.0 Å². The van der Waals surface area contributed by atoms with E-state index < -0.39 is 24.5 Å². The fraction of sp³-hybridized carbons (Fsp3) is 0.348. The second-order valence-electron chi connectivity index (χ2n) is 7.39. The second kappa shape index (κ2) is 10.3. The molecule has 1 aromatic carbocycles. The van der Waals surface area contributed by atoms with E-state index in [1.54, 1.807) is 50.3 Å². The van der Waals surface area contributed by atoms with Gasteiger partial charge in [-0.15, -0.1) is 6.58 Å². The SMILES string of the molecule is C=CCn1c(C)cc(C(=O)COC(=O)[C@@H](NC(=O)c2ccccc2Cl)C(C)C)c1C. The minimum atomic E-state index is -0.908. The van der Waals surface area contributed by atoms with Crippen LogP contribution < -0.4 is 5.32 Å². The Balaban J connectivity index is 2.06. The first-order valence-corrected chi connectivity index (χ1v) is 10.1. The van der Waals surface area contributed by atoms with E-state index in [1.807, 2.05) is 18.4 Å². The monoisotopic (exact) mass is 430 g/mol. The van der Waals surface area contributed by atoms with E-state index in [0.717, 1.165) is 11.4 Å². The first-order chi connectivity index (χ1) is 14.2. The molecule has 0 radical (unpaired) electrons. The van der Waals surface area contributed by atoms with Crippen molar-refractivity contribution >= 4 is 29.3 Å². The molecule has 0 saturated heterocycles. The molecular formula is C23H27ClN2O4. The van der Waals surface area contributed by atoms with Gasteiger partial charge in [-0.25, -0.2) is 4.79 Å². The zero-order chi connectivity index (χ0) is 22.4. The minimum absolute atomic E-state index is 0.239. The van der Waals surface area contributed by atoms with Crippen molar-refractivity contribution in [3.8, 4) is 0 Å². The summed E-state index contributed by atoms with van der Waals surface area (Å²) in [6.07, 6.45) is 1.75. The third-order valence-corrected chi connectivity index (χ3v) is 5.19. The zero-order valence-corrected chi connectivity index (χ0v) is 18.5. The van der Waals surface area contributed by atoms with E-state index in [2.05, 4.69) is 11.9 Å². The van der Waals surface area contributed by atoms with Crippen LogP contribution in [-0.2, 0) is 16.1 Å².